The van der Waals surface area contributed by atoms with Crippen LogP contribution in [0.5, 0.6) is 0 Å². The van der Waals surface area contributed by atoms with Crippen LogP contribution in [0.1, 0.15) is 129 Å². The number of nitriles is 1. The van der Waals surface area contributed by atoms with E-state index in [9.17, 15) is 9.59 Å². The Hall–Kier alpha value is -8.48. The third-order valence-electron chi connectivity index (χ3n) is 13.6. The number of rotatable bonds is 19. The first-order valence-corrected chi connectivity index (χ1v) is 25.6. The molecule has 13 rings (SSSR count). The van der Waals surface area contributed by atoms with Gasteiger partial charge in [0.1, 0.15) is 22.7 Å². The molecule has 2 aliphatic rings. The van der Waals surface area contributed by atoms with Crippen molar-refractivity contribution >= 4 is 57.1 Å². The van der Waals surface area contributed by atoms with Crippen LogP contribution in [0.25, 0.3) is 22.3 Å². The van der Waals surface area contributed by atoms with Crippen molar-refractivity contribution < 1.29 is 9.59 Å². The predicted octanol–water partition coefficient (Wildman–Crippen LogP) is 7.69. The fourth-order valence-corrected chi connectivity index (χ4v) is 9.81. The minimum absolute atomic E-state index is 0.0859. The van der Waals surface area contributed by atoms with Crippen molar-refractivity contribution in [3.05, 3.63) is 171 Å². The van der Waals surface area contributed by atoms with Gasteiger partial charge in [0, 0.05) is 72.9 Å². The Bertz CT molecular complexity index is 3940. The van der Waals surface area contributed by atoms with E-state index in [-0.39, 0.29) is 24.4 Å². The summed E-state index contributed by atoms with van der Waals surface area (Å²) in [5.74, 6) is 1.73. The first-order chi connectivity index (χ1) is 36.7. The molecule has 1 N–H and O–H groups in total. The molecule has 0 aliphatic heterocycles. The van der Waals surface area contributed by atoms with E-state index in [1.165, 1.54) is 36.8 Å². The largest absolute Gasteiger partial charge is 0.306 e. The van der Waals surface area contributed by atoms with Crippen LogP contribution in [0.3, 0.4) is 0 Å². The SMILES string of the molecule is N#CCCc1cc(C2CC2)cn2cc(Cn3cc(C(=O)CCc4ncn5ccc(Cl)cc45)nn3)nc12.O=C(CCc1ncn2ccc(Cl)cc12)c1cn(Cc2cn3cc(C4CC4)cc(CCc4nn[nH]n4)c3n2)nn1. The maximum atomic E-state index is 12.9. The standard InChI is InChI=1S/C26H24ClN11O.C26H23ClN8O/c27-19-7-8-36-15-28-21(23(36)10-19)4-5-24(39)22-14-38(35-30-22)13-20-12-37-11-18(16-1-2-16)9-17(26(37)29-20)3-6-25-31-33-34-32-25;27-20-7-9-33-16-29-22(24(33)11-20)5-6-25(36)23-15-35(32-31-23)14-21-13-34-12-19(17-3-4-17)10-18(2-1-8-28)26(34)30-21/h7-12,14-16H,1-6,13H2,(H,31,32,33,34);7,9-13,15-17H,1-6,14H2. The van der Waals surface area contributed by atoms with Gasteiger partial charge >= 0.3 is 0 Å². The number of fused-ring (bicyclic) bond motifs is 4. The van der Waals surface area contributed by atoms with Gasteiger partial charge in [-0.25, -0.2) is 29.3 Å². The number of carbonyl (C=O) groups excluding carboxylic acids is 2. The van der Waals surface area contributed by atoms with Gasteiger partial charge in [0.15, 0.2) is 17.4 Å². The number of Topliss-reactive ketones (excluding diaryl/α,β-unsaturated/α-hetero) is 2. The van der Waals surface area contributed by atoms with Crippen molar-refractivity contribution in [1.29, 1.82) is 5.26 Å². The topological polar surface area (TPSA) is 243 Å². The maximum absolute atomic E-state index is 12.9. The van der Waals surface area contributed by atoms with Gasteiger partial charge in [-0.1, -0.05) is 51.0 Å². The van der Waals surface area contributed by atoms with Gasteiger partial charge in [0.05, 0.1) is 78.0 Å². The molecule has 23 heteroatoms. The second-order valence-electron chi connectivity index (χ2n) is 19.2. The highest BCUT2D eigenvalue weighted by Gasteiger charge is 2.27. The van der Waals surface area contributed by atoms with Crippen molar-refractivity contribution in [3.8, 4) is 6.07 Å². The Labute approximate surface area is 437 Å². The van der Waals surface area contributed by atoms with Gasteiger partial charge in [0.25, 0.3) is 0 Å². The fraction of sp³-hybridized carbons (Fsp3) is 0.308. The summed E-state index contributed by atoms with van der Waals surface area (Å²) in [6.45, 7) is 0.817. The number of imidazole rings is 4. The number of hydrogen-bond donors (Lipinski definition) is 1. The van der Waals surface area contributed by atoms with E-state index in [1.807, 2.05) is 45.7 Å². The second kappa shape index (κ2) is 20.4. The summed E-state index contributed by atoms with van der Waals surface area (Å²) in [7, 11) is 0. The molecule has 2 saturated carbocycles. The van der Waals surface area contributed by atoms with Gasteiger partial charge in [-0.3, -0.25) is 9.59 Å². The van der Waals surface area contributed by atoms with E-state index in [2.05, 4.69) is 90.6 Å². The molecular weight excluding hydrogens is 994 g/mol. The lowest BCUT2D eigenvalue weighted by molar-refractivity contribution is 0.0970. The van der Waals surface area contributed by atoms with E-state index in [0.29, 0.717) is 84.3 Å². The van der Waals surface area contributed by atoms with Crippen molar-refractivity contribution in [1.82, 2.24) is 88.2 Å². The summed E-state index contributed by atoms with van der Waals surface area (Å²) in [5.41, 5.74) is 12.4. The van der Waals surface area contributed by atoms with E-state index in [4.69, 9.17) is 38.4 Å². The predicted molar refractivity (Wildman–Crippen MR) is 274 cm³/mol. The highest BCUT2D eigenvalue weighted by molar-refractivity contribution is 6.31. The van der Waals surface area contributed by atoms with Gasteiger partial charge in [-0.05, 0) is 110 Å². The van der Waals surface area contributed by atoms with Crippen LogP contribution in [0, 0.1) is 11.3 Å². The fourth-order valence-electron chi connectivity index (χ4n) is 9.49. The van der Waals surface area contributed by atoms with Crippen molar-refractivity contribution in [2.24, 2.45) is 0 Å². The Balaban J connectivity index is 0.000000152. The number of halogens is 2. The summed E-state index contributed by atoms with van der Waals surface area (Å²) in [4.78, 5) is 44.2. The van der Waals surface area contributed by atoms with E-state index >= 15 is 0 Å². The molecular formula is C52H47Cl2N19O2. The molecule has 75 heavy (non-hydrogen) atoms. The van der Waals surface area contributed by atoms with Crippen LogP contribution in [-0.4, -0.2) is 99.7 Å². The molecule has 0 aromatic carbocycles. The van der Waals surface area contributed by atoms with Crippen molar-refractivity contribution in [2.45, 2.75) is 102 Å². The zero-order valence-electron chi connectivity index (χ0n) is 40.4. The van der Waals surface area contributed by atoms with Gasteiger partial charge < -0.3 is 17.6 Å². The molecule has 0 saturated heterocycles. The van der Waals surface area contributed by atoms with Crippen LogP contribution < -0.4 is 0 Å². The number of pyridine rings is 4. The Morgan fingerprint density at radius 2 is 1.15 bits per heavy atom. The lowest BCUT2D eigenvalue weighted by Gasteiger charge is -2.06. The molecule has 0 atom stereocenters. The van der Waals surface area contributed by atoms with Crippen LogP contribution in [0.15, 0.2) is 98.6 Å². The van der Waals surface area contributed by atoms with E-state index < -0.39 is 0 Å². The first kappa shape index (κ1) is 47.5. The van der Waals surface area contributed by atoms with Crippen LogP contribution >= 0.6 is 23.2 Å². The zero-order chi connectivity index (χ0) is 51.0. The Morgan fingerprint density at radius 1 is 0.627 bits per heavy atom. The van der Waals surface area contributed by atoms with Gasteiger partial charge in [-0.15, -0.1) is 20.4 Å². The minimum Gasteiger partial charge on any atom is -0.306 e. The first-order valence-electron chi connectivity index (χ1n) is 24.8. The normalized spacial score (nSPS) is 13.5. The molecule has 0 radical (unpaired) electrons. The third-order valence-corrected chi connectivity index (χ3v) is 14.1. The molecule has 0 bridgehead atoms. The molecule has 0 amide bonds. The highest BCUT2D eigenvalue weighted by Crippen LogP contribution is 2.41. The highest BCUT2D eigenvalue weighted by atomic mass is 35.5. The summed E-state index contributed by atoms with van der Waals surface area (Å²) in [6, 6.07) is 14.0. The van der Waals surface area contributed by atoms with Gasteiger partial charge in [0.2, 0.25) is 0 Å². The molecule has 11 heterocycles. The average molecular weight is 1040 g/mol. The number of carbonyl (C=O) groups is 2. The molecule has 0 spiro atoms. The minimum atomic E-state index is -0.0905. The molecule has 376 valence electrons. The monoisotopic (exact) mass is 1040 g/mol. The molecule has 11 aromatic heterocycles. The lowest BCUT2D eigenvalue weighted by Crippen LogP contribution is -2.03. The Kier molecular flexibility index (Phi) is 12.9. The van der Waals surface area contributed by atoms with Crippen LogP contribution in [0.2, 0.25) is 10.0 Å². The molecule has 21 nitrogen and oxygen atoms in total. The van der Waals surface area contributed by atoms with E-state index in [1.54, 1.807) is 46.5 Å². The molecule has 2 aliphatic carbocycles. The van der Waals surface area contributed by atoms with Crippen molar-refractivity contribution in [3.63, 3.8) is 0 Å². The van der Waals surface area contributed by atoms with Gasteiger partial charge in [-0.2, -0.15) is 10.5 Å². The van der Waals surface area contributed by atoms with Crippen molar-refractivity contribution in [2.75, 3.05) is 0 Å². The molecule has 0 unspecified atom stereocenters. The number of tetrazole rings is 1. The quantitative estimate of drug-likeness (QED) is 0.0764. The summed E-state index contributed by atoms with van der Waals surface area (Å²) in [5, 5.41) is 41.2. The Morgan fingerprint density at radius 3 is 1.63 bits per heavy atom. The number of H-pyrrole nitrogens is 1. The maximum Gasteiger partial charge on any atom is 0.185 e. The smallest absolute Gasteiger partial charge is 0.185 e. The number of nitrogens with one attached hydrogen (secondary N) is 1. The van der Waals surface area contributed by atoms with Crippen LogP contribution in [-0.2, 0) is 45.2 Å². The summed E-state index contributed by atoms with van der Waals surface area (Å²) < 4.78 is 11.2. The number of nitrogens with zero attached hydrogens (tertiary/aromatic N) is 18. The lowest BCUT2D eigenvalue weighted by atomic mass is 10.1. The summed E-state index contributed by atoms with van der Waals surface area (Å²) >= 11 is 12.2. The van der Waals surface area contributed by atoms with Crippen LogP contribution in [0.4, 0.5) is 0 Å². The number of hydrogen-bond acceptors (Lipinski definition) is 14. The average Bonchev–Trinajstić information content (AvgIpc) is 3.83. The zero-order valence-corrected chi connectivity index (χ0v) is 41.9. The third kappa shape index (κ3) is 10.7. The van der Waals surface area contributed by atoms with E-state index in [0.717, 1.165) is 62.7 Å². The summed E-state index contributed by atoms with van der Waals surface area (Å²) in [6.07, 6.45) is 27.8. The molecule has 2 fully saturated rings. The number of ketones is 2. The number of aryl methyl sites for hydroxylation is 5. The second-order valence-corrected chi connectivity index (χ2v) is 20.0. The molecule has 11 aromatic rings. The number of aromatic nitrogens is 18. The number of aromatic amines is 1.